The molecule has 0 aromatic carbocycles. The van der Waals surface area contributed by atoms with Crippen LogP contribution >= 0.6 is 34.8 Å². The Labute approximate surface area is 450 Å². The molecule has 2 unspecified atom stereocenters. The Bertz CT molecular complexity index is 2950. The molecule has 25 heteroatoms. The molecule has 22 nitrogen and oxygen atoms in total. The minimum absolute atomic E-state index is 0. The molecule has 7 aromatic heterocycles. The number of aliphatic hydroxyl groups excluding tert-OH is 2. The molecule has 0 bridgehead atoms. The number of hydrogen-bond donors (Lipinski definition) is 6. The van der Waals surface area contributed by atoms with Gasteiger partial charge in [0.15, 0.2) is 39.2 Å². The van der Waals surface area contributed by atoms with E-state index in [-0.39, 0.29) is 48.8 Å². The molecule has 2 aliphatic carbocycles. The summed E-state index contributed by atoms with van der Waals surface area (Å²) in [7, 11) is 0. The summed E-state index contributed by atoms with van der Waals surface area (Å²) in [5.41, 5.74) is 5.82. The Morgan fingerprint density at radius 2 is 1.23 bits per heavy atom. The van der Waals surface area contributed by atoms with Gasteiger partial charge in [0.2, 0.25) is 16.5 Å². The van der Waals surface area contributed by atoms with Gasteiger partial charge in [0, 0.05) is 51.6 Å². The van der Waals surface area contributed by atoms with Gasteiger partial charge in [-0.15, -0.1) is 0 Å². The molecule has 0 amide bonds. The maximum Gasteiger partial charge on any atom is 0.231 e. The largest absolute Gasteiger partial charge is 0.396 e. The Balaban J connectivity index is 0.000000143. The van der Waals surface area contributed by atoms with Gasteiger partial charge in [-0.05, 0) is 144 Å². The number of morpholine rings is 1. The van der Waals surface area contributed by atoms with Crippen molar-refractivity contribution in [3.05, 3.63) is 52.5 Å². The van der Waals surface area contributed by atoms with Crippen LogP contribution in [0.5, 0.6) is 0 Å². The van der Waals surface area contributed by atoms with Crippen molar-refractivity contribution < 1.29 is 24.4 Å². The summed E-state index contributed by atoms with van der Waals surface area (Å²) < 4.78 is 20.8. The zero-order chi connectivity index (χ0) is 51.0. The number of fused-ring (bicyclic) bond motifs is 3. The average molecular weight is 1090 g/mol. The topological polar surface area (TPSA) is 262 Å². The molecule has 12 rings (SSSR count). The smallest absolute Gasteiger partial charge is 0.231 e. The second-order valence-electron chi connectivity index (χ2n) is 19.5. The summed E-state index contributed by atoms with van der Waals surface area (Å²) in [6.45, 7) is 7.24. The number of nitrogens with one attached hydrogen (secondary N) is 4. The molecule has 5 aliphatic rings. The standard InChI is InChI=1S/C22H30N8O2.C17H24ClN5O2.C10H10Cl2N4O.CH4/c1-14-17(6-7-18(25-14)30-8-10-32-11-9-30)27-22-28-20-19(23-13-24-20)21(29-22)26-16-4-2-15(12-31)3-5-16;18-17-21-15(20-12-6-4-11(9-24)5-7-12)14-16(22-17)23(10-19-14)13-3-1-2-8-25-13;11-8-7-9(15-10(12)14-8)16(5-13-7)6-3-1-2-4-17-6;/h6-7,13,15-16,31H,2-5,8-12H2,1H3,(H3,23,24,26,27,28,29);10-13,24H,1-9H2,(H,20,21,22);5-6H,1-4H2;1H4. The van der Waals surface area contributed by atoms with E-state index in [0.29, 0.717) is 52.5 Å². The Morgan fingerprint density at radius 3 is 1.81 bits per heavy atom. The minimum atomic E-state index is -0.0317. The van der Waals surface area contributed by atoms with Gasteiger partial charge >= 0.3 is 0 Å². The van der Waals surface area contributed by atoms with Crippen molar-refractivity contribution in [1.82, 2.24) is 64.0 Å². The van der Waals surface area contributed by atoms with Crippen LogP contribution in [0.3, 0.4) is 0 Å². The lowest BCUT2D eigenvalue weighted by atomic mass is 9.86. The highest BCUT2D eigenvalue weighted by atomic mass is 35.5. The van der Waals surface area contributed by atoms with E-state index in [2.05, 4.69) is 65.7 Å². The molecule has 404 valence electrons. The van der Waals surface area contributed by atoms with Crippen molar-refractivity contribution in [2.75, 3.05) is 73.6 Å². The summed E-state index contributed by atoms with van der Waals surface area (Å²) in [4.78, 5) is 49.3. The van der Waals surface area contributed by atoms with Gasteiger partial charge in [-0.1, -0.05) is 19.0 Å². The zero-order valence-electron chi connectivity index (χ0n) is 41.5. The first-order valence-electron chi connectivity index (χ1n) is 25.9. The number of ether oxygens (including phenoxy) is 3. The molecular formula is C50H68Cl3N17O5. The molecule has 3 saturated heterocycles. The SMILES string of the molecule is C.Cc1nc(N2CCOCC2)ccc1Nc1nc(NC2CCC(CO)CC2)c2[nH]cnc2n1.Clc1nc(Cl)c2ncn(C3CCCCO3)c2n1.OCC1CCC(Nc2nc(Cl)nc3c2ncn3C2CCCCO2)CC1. The first kappa shape index (κ1) is 54.5. The van der Waals surface area contributed by atoms with Gasteiger partial charge in [-0.2, -0.15) is 24.9 Å². The molecular weight excluding hydrogens is 1030 g/mol. The lowest BCUT2D eigenvalue weighted by Crippen LogP contribution is -2.36. The van der Waals surface area contributed by atoms with Gasteiger partial charge < -0.3 is 50.3 Å². The number of hydrogen-bond acceptors (Lipinski definition) is 19. The molecule has 0 spiro atoms. The molecule has 75 heavy (non-hydrogen) atoms. The van der Waals surface area contributed by atoms with Crippen molar-refractivity contribution in [1.29, 1.82) is 0 Å². The van der Waals surface area contributed by atoms with Crippen LogP contribution in [0.1, 0.15) is 115 Å². The molecule has 3 aliphatic heterocycles. The van der Waals surface area contributed by atoms with Crippen LogP contribution in [-0.2, 0) is 14.2 Å². The number of rotatable bonds is 11. The fourth-order valence-electron chi connectivity index (χ4n) is 10.3. The van der Waals surface area contributed by atoms with E-state index < -0.39 is 0 Å². The van der Waals surface area contributed by atoms with Crippen molar-refractivity contribution in [2.24, 2.45) is 11.8 Å². The summed E-state index contributed by atoms with van der Waals surface area (Å²) in [6, 6.07) is 4.69. The van der Waals surface area contributed by atoms with Gasteiger partial charge in [0.1, 0.15) is 29.3 Å². The summed E-state index contributed by atoms with van der Waals surface area (Å²) in [6.07, 6.45) is 19.6. The number of aromatic amines is 1. The number of nitrogens with zero attached hydrogens (tertiary/aromatic N) is 13. The highest BCUT2D eigenvalue weighted by Crippen LogP contribution is 2.33. The van der Waals surface area contributed by atoms with Crippen molar-refractivity contribution in [3.8, 4) is 0 Å². The second-order valence-corrected chi connectivity index (χ2v) is 20.6. The lowest BCUT2D eigenvalue weighted by Gasteiger charge is -2.28. The van der Waals surface area contributed by atoms with E-state index in [0.717, 1.165) is 169 Å². The van der Waals surface area contributed by atoms with Crippen LogP contribution < -0.4 is 20.9 Å². The monoisotopic (exact) mass is 1090 g/mol. The molecule has 6 N–H and O–H groups in total. The molecule has 10 heterocycles. The van der Waals surface area contributed by atoms with Gasteiger partial charge in [-0.3, -0.25) is 9.13 Å². The number of aliphatic hydroxyl groups is 2. The van der Waals surface area contributed by atoms with E-state index >= 15 is 0 Å². The van der Waals surface area contributed by atoms with Crippen LogP contribution in [-0.4, -0.2) is 139 Å². The number of H-pyrrole nitrogens is 1. The number of anilines is 5. The first-order chi connectivity index (χ1) is 36.2. The number of imidazole rings is 3. The van der Waals surface area contributed by atoms with Crippen LogP contribution in [0.25, 0.3) is 33.5 Å². The predicted octanol–water partition coefficient (Wildman–Crippen LogP) is 9.21. The lowest BCUT2D eigenvalue weighted by molar-refractivity contribution is -0.0299. The van der Waals surface area contributed by atoms with Crippen LogP contribution in [0.15, 0.2) is 31.1 Å². The molecule has 7 aromatic rings. The van der Waals surface area contributed by atoms with Gasteiger partial charge in [0.05, 0.1) is 43.6 Å². The van der Waals surface area contributed by atoms with Gasteiger partial charge in [0.25, 0.3) is 0 Å². The Kier molecular flexibility index (Phi) is 18.6. The van der Waals surface area contributed by atoms with E-state index in [4.69, 9.17) is 59.0 Å². The van der Waals surface area contributed by atoms with E-state index in [1.54, 1.807) is 19.0 Å². The molecule has 5 fully saturated rings. The van der Waals surface area contributed by atoms with Crippen molar-refractivity contribution in [2.45, 2.75) is 129 Å². The zero-order valence-corrected chi connectivity index (χ0v) is 43.7. The van der Waals surface area contributed by atoms with Crippen LogP contribution in [0, 0.1) is 18.8 Å². The molecule has 2 saturated carbocycles. The number of aryl methyl sites for hydroxylation is 1. The quantitative estimate of drug-likeness (QED) is 0.0521. The highest BCUT2D eigenvalue weighted by Gasteiger charge is 2.27. The van der Waals surface area contributed by atoms with E-state index in [9.17, 15) is 10.2 Å². The predicted molar refractivity (Wildman–Crippen MR) is 290 cm³/mol. The van der Waals surface area contributed by atoms with E-state index in [1.807, 2.05) is 28.2 Å². The number of aromatic nitrogens is 13. The van der Waals surface area contributed by atoms with Crippen LogP contribution in [0.4, 0.5) is 29.1 Å². The molecule has 2 atom stereocenters. The van der Waals surface area contributed by atoms with Gasteiger partial charge in [-0.25, -0.2) is 24.9 Å². The van der Waals surface area contributed by atoms with E-state index in [1.165, 1.54) is 0 Å². The third-order valence-electron chi connectivity index (χ3n) is 14.5. The summed E-state index contributed by atoms with van der Waals surface area (Å²) in [5.74, 6) is 3.73. The first-order valence-corrected chi connectivity index (χ1v) is 27.0. The number of pyridine rings is 1. The highest BCUT2D eigenvalue weighted by molar-refractivity contribution is 6.35. The average Bonchev–Trinajstić information content (AvgIpc) is 4.21. The fraction of sp³-hybridized carbons (Fsp3) is 0.600. The van der Waals surface area contributed by atoms with Crippen molar-refractivity contribution in [3.63, 3.8) is 0 Å². The van der Waals surface area contributed by atoms with Crippen LogP contribution in [0.2, 0.25) is 15.7 Å². The van der Waals surface area contributed by atoms with Crippen molar-refractivity contribution >= 4 is 97.4 Å². The Hall–Kier alpha value is -5.33. The minimum Gasteiger partial charge on any atom is -0.396 e. The second kappa shape index (κ2) is 25.7. The maximum atomic E-state index is 9.39. The third kappa shape index (κ3) is 13.3. The normalized spacial score (nSPS) is 23.1. The summed E-state index contributed by atoms with van der Waals surface area (Å²) >= 11 is 17.9. The molecule has 0 radical (unpaired) electrons. The number of halogens is 3. The Morgan fingerprint density at radius 1 is 0.640 bits per heavy atom. The third-order valence-corrected chi connectivity index (χ3v) is 15.1. The maximum absolute atomic E-state index is 9.39. The summed E-state index contributed by atoms with van der Waals surface area (Å²) in [5, 5.41) is 29.7. The fourth-order valence-corrected chi connectivity index (χ4v) is 10.9.